The number of likely N-dealkylation sites (tertiary alicyclic amines) is 1. The number of rotatable bonds is 2. The van der Waals surface area contributed by atoms with Crippen LogP contribution in [0.4, 0.5) is 4.79 Å². The Hall–Kier alpha value is -1.03. The fourth-order valence-electron chi connectivity index (χ4n) is 2.32. The van der Waals surface area contributed by atoms with Gasteiger partial charge in [0.2, 0.25) is 0 Å². The topological polar surface area (TPSA) is 32.3 Å². The number of carbonyl (C=O) groups is 1. The summed E-state index contributed by atoms with van der Waals surface area (Å²) < 4.78 is 1.06. The van der Waals surface area contributed by atoms with Crippen LogP contribution in [0.25, 0.3) is 0 Å². The van der Waals surface area contributed by atoms with Crippen molar-refractivity contribution in [3.8, 4) is 0 Å². The Bertz CT molecular complexity index is 424. The molecule has 0 aromatic heterocycles. The van der Waals surface area contributed by atoms with Crippen molar-refractivity contribution in [1.82, 2.24) is 10.2 Å². The van der Waals surface area contributed by atoms with Gasteiger partial charge in [0.15, 0.2) is 0 Å². The van der Waals surface area contributed by atoms with Crippen molar-refractivity contribution in [2.24, 2.45) is 5.92 Å². The molecule has 1 heterocycles. The van der Waals surface area contributed by atoms with Crippen LogP contribution in [0.3, 0.4) is 0 Å². The lowest BCUT2D eigenvalue weighted by Crippen LogP contribution is -2.44. The number of carbonyl (C=O) groups excluding carboxylic acids is 1. The van der Waals surface area contributed by atoms with E-state index < -0.39 is 0 Å². The number of hydrogen-bond donors (Lipinski definition) is 1. The van der Waals surface area contributed by atoms with Crippen molar-refractivity contribution < 1.29 is 4.79 Å². The predicted octanol–water partition coefficient (Wildman–Crippen LogP) is 3.95. The number of piperidine rings is 1. The Kier molecular flexibility index (Phi) is 4.86. The highest BCUT2D eigenvalue weighted by Crippen LogP contribution is 2.19. The van der Waals surface area contributed by atoms with Crippen LogP contribution >= 0.6 is 15.9 Å². The Morgan fingerprint density at radius 2 is 1.89 bits per heavy atom. The summed E-state index contributed by atoms with van der Waals surface area (Å²) in [5.41, 5.74) is 1.13. The molecule has 1 fully saturated rings. The van der Waals surface area contributed by atoms with Gasteiger partial charge in [0.1, 0.15) is 0 Å². The zero-order chi connectivity index (χ0) is 13.8. The molecular weight excluding hydrogens is 304 g/mol. The van der Waals surface area contributed by atoms with Crippen LogP contribution in [0.5, 0.6) is 0 Å². The van der Waals surface area contributed by atoms with E-state index in [0.717, 1.165) is 41.9 Å². The first-order chi connectivity index (χ1) is 9.06. The summed E-state index contributed by atoms with van der Waals surface area (Å²) in [5.74, 6) is 0.743. The van der Waals surface area contributed by atoms with Crippen LogP contribution in [-0.4, -0.2) is 24.0 Å². The summed E-state index contributed by atoms with van der Waals surface area (Å²) in [6.45, 7) is 6.02. The minimum absolute atomic E-state index is 0.0416. The van der Waals surface area contributed by atoms with Crippen molar-refractivity contribution in [3.63, 3.8) is 0 Å². The maximum absolute atomic E-state index is 12.2. The molecule has 0 unspecified atom stereocenters. The lowest BCUT2D eigenvalue weighted by Gasteiger charge is -2.31. The summed E-state index contributed by atoms with van der Waals surface area (Å²) in [6, 6.07) is 8.17. The molecule has 4 heteroatoms. The predicted molar refractivity (Wildman–Crippen MR) is 81.1 cm³/mol. The van der Waals surface area contributed by atoms with Gasteiger partial charge in [-0.15, -0.1) is 0 Å². The van der Waals surface area contributed by atoms with Gasteiger partial charge in [0.05, 0.1) is 6.04 Å². The average Bonchev–Trinajstić information content (AvgIpc) is 2.40. The van der Waals surface area contributed by atoms with Crippen LogP contribution < -0.4 is 5.32 Å². The second-order valence-corrected chi connectivity index (χ2v) is 6.31. The zero-order valence-corrected chi connectivity index (χ0v) is 13.1. The highest BCUT2D eigenvalue weighted by molar-refractivity contribution is 9.10. The third-order valence-corrected chi connectivity index (χ3v) is 4.31. The highest BCUT2D eigenvalue weighted by Gasteiger charge is 2.21. The standard InChI is InChI=1S/C15H21BrN2O/c1-11-7-9-18(10-8-11)15(19)17-12(2)13-3-5-14(16)6-4-13/h3-6,11-12H,7-10H2,1-2H3,(H,17,19)/t12-/m0/s1. The number of halogens is 1. The molecule has 2 rings (SSSR count). The van der Waals surface area contributed by atoms with Gasteiger partial charge in [-0.2, -0.15) is 0 Å². The van der Waals surface area contributed by atoms with Gasteiger partial charge in [-0.3, -0.25) is 0 Å². The number of urea groups is 1. The van der Waals surface area contributed by atoms with E-state index in [4.69, 9.17) is 0 Å². The first-order valence-corrected chi connectivity index (χ1v) is 7.66. The van der Waals surface area contributed by atoms with E-state index in [0.29, 0.717) is 0 Å². The molecule has 0 spiro atoms. The molecule has 1 aliphatic rings. The van der Waals surface area contributed by atoms with Gasteiger partial charge in [-0.05, 0) is 43.4 Å². The molecule has 19 heavy (non-hydrogen) atoms. The summed E-state index contributed by atoms with van der Waals surface area (Å²) in [7, 11) is 0. The van der Waals surface area contributed by atoms with E-state index in [-0.39, 0.29) is 12.1 Å². The highest BCUT2D eigenvalue weighted by atomic mass is 79.9. The third-order valence-electron chi connectivity index (χ3n) is 3.78. The van der Waals surface area contributed by atoms with E-state index in [1.165, 1.54) is 0 Å². The smallest absolute Gasteiger partial charge is 0.317 e. The molecular formula is C15H21BrN2O. The molecule has 1 aromatic rings. The maximum Gasteiger partial charge on any atom is 0.317 e. The number of nitrogens with zero attached hydrogens (tertiary/aromatic N) is 1. The second-order valence-electron chi connectivity index (χ2n) is 5.39. The van der Waals surface area contributed by atoms with Crippen molar-refractivity contribution in [3.05, 3.63) is 34.3 Å². The third kappa shape index (κ3) is 3.96. The van der Waals surface area contributed by atoms with Gasteiger partial charge in [0.25, 0.3) is 0 Å². The Morgan fingerprint density at radius 3 is 2.47 bits per heavy atom. The molecule has 2 amide bonds. The molecule has 1 aromatic carbocycles. The Labute approximate surface area is 123 Å². The van der Waals surface area contributed by atoms with E-state index in [1.54, 1.807) is 0 Å². The summed E-state index contributed by atoms with van der Waals surface area (Å²) in [6.07, 6.45) is 2.22. The molecule has 0 aliphatic carbocycles. The number of nitrogens with one attached hydrogen (secondary N) is 1. The van der Waals surface area contributed by atoms with Crippen LogP contribution in [0.15, 0.2) is 28.7 Å². The molecule has 0 saturated carbocycles. The lowest BCUT2D eigenvalue weighted by molar-refractivity contribution is 0.171. The van der Waals surface area contributed by atoms with E-state index in [1.807, 2.05) is 36.1 Å². The molecule has 1 N–H and O–H groups in total. The molecule has 1 aliphatic heterocycles. The Morgan fingerprint density at radius 1 is 1.32 bits per heavy atom. The Balaban J connectivity index is 1.89. The normalized spacial score (nSPS) is 18.2. The summed E-state index contributed by atoms with van der Waals surface area (Å²) in [5, 5.41) is 3.07. The van der Waals surface area contributed by atoms with Crippen molar-refractivity contribution >= 4 is 22.0 Å². The minimum Gasteiger partial charge on any atom is -0.331 e. The quantitative estimate of drug-likeness (QED) is 0.877. The number of hydrogen-bond acceptors (Lipinski definition) is 1. The second kappa shape index (κ2) is 6.42. The van der Waals surface area contributed by atoms with E-state index in [9.17, 15) is 4.79 Å². The summed E-state index contributed by atoms with van der Waals surface area (Å²) >= 11 is 3.42. The van der Waals surface area contributed by atoms with E-state index in [2.05, 4.69) is 28.2 Å². The first-order valence-electron chi connectivity index (χ1n) is 6.87. The fraction of sp³-hybridized carbons (Fsp3) is 0.533. The first kappa shape index (κ1) is 14.4. The molecule has 0 radical (unpaired) electrons. The maximum atomic E-state index is 12.2. The SMILES string of the molecule is CC1CCN(C(=O)N[C@@H](C)c2ccc(Br)cc2)CC1. The van der Waals surface area contributed by atoms with Crippen molar-refractivity contribution in [1.29, 1.82) is 0 Å². The van der Waals surface area contributed by atoms with Gasteiger partial charge in [-0.1, -0.05) is 35.0 Å². The van der Waals surface area contributed by atoms with Gasteiger partial charge < -0.3 is 10.2 Å². The van der Waals surface area contributed by atoms with Crippen molar-refractivity contribution in [2.45, 2.75) is 32.7 Å². The van der Waals surface area contributed by atoms with Crippen LogP contribution in [0, 0.1) is 5.92 Å². The molecule has 0 bridgehead atoms. The zero-order valence-electron chi connectivity index (χ0n) is 11.5. The number of benzene rings is 1. The van der Waals surface area contributed by atoms with Crippen LogP contribution in [-0.2, 0) is 0 Å². The van der Waals surface area contributed by atoms with Gasteiger partial charge >= 0.3 is 6.03 Å². The minimum atomic E-state index is 0.0416. The average molecular weight is 325 g/mol. The van der Waals surface area contributed by atoms with Crippen LogP contribution in [0.1, 0.15) is 38.3 Å². The molecule has 3 nitrogen and oxygen atoms in total. The van der Waals surface area contributed by atoms with E-state index >= 15 is 0 Å². The van der Waals surface area contributed by atoms with Crippen molar-refractivity contribution in [2.75, 3.05) is 13.1 Å². The van der Waals surface area contributed by atoms with Gasteiger partial charge in [0, 0.05) is 17.6 Å². The van der Waals surface area contributed by atoms with Crippen LogP contribution in [0.2, 0.25) is 0 Å². The molecule has 1 saturated heterocycles. The monoisotopic (exact) mass is 324 g/mol. The molecule has 1 atom stereocenters. The molecule has 104 valence electrons. The number of amides is 2. The van der Waals surface area contributed by atoms with Gasteiger partial charge in [-0.25, -0.2) is 4.79 Å². The largest absolute Gasteiger partial charge is 0.331 e. The fourth-order valence-corrected chi connectivity index (χ4v) is 2.59. The summed E-state index contributed by atoms with van der Waals surface area (Å²) in [4.78, 5) is 14.1. The lowest BCUT2D eigenvalue weighted by atomic mass is 9.99.